The largest absolute Gasteiger partial charge is 0.460 e. The highest BCUT2D eigenvalue weighted by Crippen LogP contribution is 2.24. The minimum absolute atomic E-state index is 0.0212. The van der Waals surface area contributed by atoms with Gasteiger partial charge in [-0.3, -0.25) is 14.4 Å². The molecule has 98 valence electrons. The molecule has 0 radical (unpaired) electrons. The Morgan fingerprint density at radius 2 is 1.89 bits per heavy atom. The van der Waals surface area contributed by atoms with Gasteiger partial charge in [-0.05, 0) is 26.0 Å². The number of benzene rings is 1. The highest BCUT2D eigenvalue weighted by molar-refractivity contribution is 5.99. The highest BCUT2D eigenvalue weighted by atomic mass is 16.5. The second kappa shape index (κ2) is 4.68. The molecule has 0 aliphatic heterocycles. The number of hydrogen-bond donors (Lipinski definition) is 0. The third-order valence-electron chi connectivity index (χ3n) is 2.66. The predicted molar refractivity (Wildman–Crippen MR) is 68.5 cm³/mol. The van der Waals surface area contributed by atoms with Crippen molar-refractivity contribution in [1.29, 1.82) is 0 Å². The van der Waals surface area contributed by atoms with Crippen LogP contribution in [-0.4, -0.2) is 11.8 Å². The molecule has 0 atom stereocenters. The summed E-state index contributed by atoms with van der Waals surface area (Å²) in [6, 6.07) is 4.68. The maximum absolute atomic E-state index is 12.3. The van der Waals surface area contributed by atoms with Gasteiger partial charge in [0.05, 0.1) is 0 Å². The number of carbonyl (C=O) groups excluding carboxylic acids is 2. The number of rotatable bonds is 2. The van der Waals surface area contributed by atoms with Crippen LogP contribution in [0.15, 0.2) is 27.4 Å². The normalized spacial score (nSPS) is 10.5. The fraction of sp³-hybridized carbons (Fsp3) is 0.214. The van der Waals surface area contributed by atoms with Crippen molar-refractivity contribution in [3.8, 4) is 5.75 Å². The zero-order chi connectivity index (χ0) is 14.2. The van der Waals surface area contributed by atoms with Gasteiger partial charge in [-0.15, -0.1) is 0 Å². The molecule has 0 bridgehead atoms. The number of hydrogen-bond acceptors (Lipinski definition) is 5. The smallest absolute Gasteiger partial charge is 0.308 e. The fourth-order valence-corrected chi connectivity index (χ4v) is 1.97. The lowest BCUT2D eigenvalue weighted by Gasteiger charge is -2.07. The van der Waals surface area contributed by atoms with Gasteiger partial charge in [-0.25, -0.2) is 0 Å². The lowest BCUT2D eigenvalue weighted by Crippen LogP contribution is -2.16. The number of carbonyl (C=O) groups is 2. The summed E-state index contributed by atoms with van der Waals surface area (Å²) in [5.41, 5.74) is -0.221. The molecule has 0 saturated carbocycles. The zero-order valence-electron chi connectivity index (χ0n) is 10.8. The Morgan fingerprint density at radius 1 is 1.21 bits per heavy atom. The molecule has 2 aromatic rings. The summed E-state index contributed by atoms with van der Waals surface area (Å²) in [6.45, 7) is 4.08. The lowest BCUT2D eigenvalue weighted by molar-refractivity contribution is -0.131. The predicted octanol–water partition coefficient (Wildman–Crippen LogP) is 2.23. The van der Waals surface area contributed by atoms with Crippen LogP contribution in [0.2, 0.25) is 0 Å². The van der Waals surface area contributed by atoms with Crippen molar-refractivity contribution in [2.45, 2.75) is 20.8 Å². The van der Waals surface area contributed by atoms with E-state index in [9.17, 15) is 14.4 Å². The van der Waals surface area contributed by atoms with Crippen molar-refractivity contribution in [2.75, 3.05) is 0 Å². The summed E-state index contributed by atoms with van der Waals surface area (Å²) < 4.78 is 10.4. The molecule has 0 spiro atoms. The Labute approximate surface area is 108 Å². The van der Waals surface area contributed by atoms with Gasteiger partial charge >= 0.3 is 5.97 Å². The van der Waals surface area contributed by atoms with E-state index in [0.29, 0.717) is 0 Å². The van der Waals surface area contributed by atoms with Crippen molar-refractivity contribution in [2.24, 2.45) is 0 Å². The van der Waals surface area contributed by atoms with Crippen LogP contribution >= 0.6 is 0 Å². The van der Waals surface area contributed by atoms with Crippen LogP contribution in [0.4, 0.5) is 0 Å². The van der Waals surface area contributed by atoms with Crippen LogP contribution in [0.25, 0.3) is 11.0 Å². The molecule has 5 nitrogen and oxygen atoms in total. The average Bonchev–Trinajstić information content (AvgIpc) is 2.26. The van der Waals surface area contributed by atoms with Gasteiger partial charge in [0.25, 0.3) is 0 Å². The SMILES string of the molecule is CC(=O)Oc1cccc2oc(C)c(C(C)=O)c(=O)c12. The second-order valence-electron chi connectivity index (χ2n) is 4.14. The maximum atomic E-state index is 12.3. The third-order valence-corrected chi connectivity index (χ3v) is 2.66. The molecular formula is C14H12O5. The topological polar surface area (TPSA) is 73.6 Å². The van der Waals surface area contributed by atoms with Gasteiger partial charge < -0.3 is 9.15 Å². The summed E-state index contributed by atoms with van der Waals surface area (Å²) >= 11 is 0. The number of Topliss-reactive ketones (excluding diaryl/α,β-unsaturated/α-hetero) is 1. The Balaban J connectivity index is 2.88. The lowest BCUT2D eigenvalue weighted by atomic mass is 10.1. The first kappa shape index (κ1) is 13.0. The molecule has 1 aromatic heterocycles. The second-order valence-corrected chi connectivity index (χ2v) is 4.14. The summed E-state index contributed by atoms with van der Waals surface area (Å²) in [5.74, 6) is -0.575. The molecule has 0 fully saturated rings. The Bertz CT molecular complexity index is 739. The van der Waals surface area contributed by atoms with Crippen molar-refractivity contribution in [1.82, 2.24) is 0 Å². The van der Waals surface area contributed by atoms with E-state index in [1.54, 1.807) is 19.1 Å². The molecule has 1 aromatic carbocycles. The number of ether oxygens (including phenoxy) is 1. The number of fused-ring (bicyclic) bond motifs is 1. The molecule has 2 rings (SSSR count). The van der Waals surface area contributed by atoms with Gasteiger partial charge in [0.1, 0.15) is 28.0 Å². The van der Waals surface area contributed by atoms with E-state index in [-0.39, 0.29) is 33.8 Å². The van der Waals surface area contributed by atoms with Gasteiger partial charge in [0.2, 0.25) is 5.43 Å². The Morgan fingerprint density at radius 3 is 2.47 bits per heavy atom. The van der Waals surface area contributed by atoms with Crippen molar-refractivity contribution >= 4 is 22.7 Å². The number of ketones is 1. The zero-order valence-corrected chi connectivity index (χ0v) is 10.8. The minimum atomic E-state index is -0.545. The Kier molecular flexibility index (Phi) is 3.21. The molecule has 0 unspecified atom stereocenters. The molecule has 0 saturated heterocycles. The maximum Gasteiger partial charge on any atom is 0.308 e. The van der Waals surface area contributed by atoms with Crippen molar-refractivity contribution in [3.63, 3.8) is 0 Å². The van der Waals surface area contributed by atoms with Crippen LogP contribution in [-0.2, 0) is 4.79 Å². The van der Waals surface area contributed by atoms with Crippen LogP contribution in [0.3, 0.4) is 0 Å². The highest BCUT2D eigenvalue weighted by Gasteiger charge is 2.18. The summed E-state index contributed by atoms with van der Waals surface area (Å²) in [4.78, 5) is 34.8. The number of aryl methyl sites for hydroxylation is 1. The van der Waals surface area contributed by atoms with Crippen molar-refractivity contribution in [3.05, 3.63) is 39.7 Å². The Hall–Kier alpha value is -2.43. The van der Waals surface area contributed by atoms with E-state index in [1.165, 1.54) is 19.9 Å². The third kappa shape index (κ3) is 2.27. The first-order valence-electron chi connectivity index (χ1n) is 5.67. The molecule has 0 aliphatic carbocycles. The fourth-order valence-electron chi connectivity index (χ4n) is 1.97. The first-order valence-corrected chi connectivity index (χ1v) is 5.67. The van der Waals surface area contributed by atoms with Gasteiger partial charge in [0, 0.05) is 6.92 Å². The molecule has 19 heavy (non-hydrogen) atoms. The van der Waals surface area contributed by atoms with E-state index in [1.807, 2.05) is 0 Å². The van der Waals surface area contributed by atoms with E-state index in [0.717, 1.165) is 0 Å². The molecule has 0 amide bonds. The first-order chi connectivity index (χ1) is 8.91. The average molecular weight is 260 g/mol. The summed E-state index contributed by atoms with van der Waals surface area (Å²) in [7, 11) is 0. The standard InChI is InChI=1S/C14H12O5/c1-7(15)12-8(2)18-10-5-4-6-11(19-9(3)16)13(10)14(12)17/h4-6H,1-3H3. The van der Waals surface area contributed by atoms with Gasteiger partial charge in [0.15, 0.2) is 5.78 Å². The number of esters is 1. The monoisotopic (exact) mass is 260 g/mol. The van der Waals surface area contributed by atoms with Gasteiger partial charge in [-0.1, -0.05) is 6.07 Å². The van der Waals surface area contributed by atoms with Gasteiger partial charge in [-0.2, -0.15) is 0 Å². The van der Waals surface area contributed by atoms with E-state index in [2.05, 4.69) is 0 Å². The van der Waals surface area contributed by atoms with Crippen molar-refractivity contribution < 1.29 is 18.7 Å². The van der Waals surface area contributed by atoms with Crippen LogP contribution in [0.1, 0.15) is 30.0 Å². The van der Waals surface area contributed by atoms with E-state index >= 15 is 0 Å². The van der Waals surface area contributed by atoms with Crippen LogP contribution in [0, 0.1) is 6.92 Å². The molecule has 0 aliphatic rings. The van der Waals surface area contributed by atoms with Crippen LogP contribution in [0.5, 0.6) is 5.75 Å². The van der Waals surface area contributed by atoms with E-state index in [4.69, 9.17) is 9.15 Å². The minimum Gasteiger partial charge on any atom is -0.460 e. The quantitative estimate of drug-likeness (QED) is 0.470. The summed E-state index contributed by atoms with van der Waals surface area (Å²) in [5, 5.41) is 0.105. The molecule has 5 heteroatoms. The molecule has 1 heterocycles. The van der Waals surface area contributed by atoms with Crippen LogP contribution < -0.4 is 10.2 Å². The molecular weight excluding hydrogens is 248 g/mol. The summed E-state index contributed by atoms with van der Waals surface area (Å²) in [6.07, 6.45) is 0. The van der Waals surface area contributed by atoms with E-state index < -0.39 is 11.4 Å². The molecule has 0 N–H and O–H groups in total.